The molecule has 0 saturated carbocycles. The molecule has 6 heteroatoms. The van der Waals surface area contributed by atoms with Crippen LogP contribution >= 0.6 is 42.4 Å². The highest BCUT2D eigenvalue weighted by atomic mass is 127. The zero-order chi connectivity index (χ0) is 10.0. The van der Waals surface area contributed by atoms with Gasteiger partial charge < -0.3 is 5.11 Å². The molecule has 0 unspecified atom stereocenters. The molecule has 0 aliphatic heterocycles. The SMILES string of the molecule is O=C(O)c1cccc(I)c1I(=O)=O. The summed E-state index contributed by atoms with van der Waals surface area (Å²) in [5, 5.41) is 8.68. The molecule has 0 atom stereocenters. The summed E-state index contributed by atoms with van der Waals surface area (Å²) in [5.74, 6) is -1.21. The van der Waals surface area contributed by atoms with Crippen LogP contribution < -0.4 is 0 Å². The standard InChI is InChI=1S/C7H4I2O4/c8-5-3-1-2-4(7(10)11)6(5)9(12)13/h1-3H,(H,10,11). The van der Waals surface area contributed by atoms with Gasteiger partial charge >= 0.3 is 25.8 Å². The van der Waals surface area contributed by atoms with E-state index in [2.05, 4.69) is 0 Å². The topological polar surface area (TPSA) is 71.4 Å². The van der Waals surface area contributed by atoms with Crippen LogP contribution in [0.4, 0.5) is 0 Å². The molecule has 0 radical (unpaired) electrons. The Bertz CT molecular complexity index is 415. The molecular weight excluding hydrogens is 402 g/mol. The highest BCUT2D eigenvalue weighted by Gasteiger charge is 2.16. The molecule has 0 spiro atoms. The molecule has 1 aromatic rings. The van der Waals surface area contributed by atoms with Crippen molar-refractivity contribution in [3.05, 3.63) is 30.9 Å². The minimum Gasteiger partial charge on any atom is -0.478 e. The number of carboxylic acid groups (broad SMARTS) is 1. The zero-order valence-electron chi connectivity index (χ0n) is 6.16. The van der Waals surface area contributed by atoms with Gasteiger partial charge in [0.15, 0.2) is 0 Å². The lowest BCUT2D eigenvalue weighted by Gasteiger charge is -1.98. The van der Waals surface area contributed by atoms with E-state index in [1.165, 1.54) is 12.1 Å². The van der Waals surface area contributed by atoms with Crippen LogP contribution in [0.2, 0.25) is 0 Å². The Morgan fingerprint density at radius 1 is 1.38 bits per heavy atom. The first kappa shape index (κ1) is 10.8. The summed E-state index contributed by atoms with van der Waals surface area (Å²) in [6.07, 6.45) is 0. The summed E-state index contributed by atoms with van der Waals surface area (Å²) in [5.41, 5.74) is -0.137. The molecule has 1 rings (SSSR count). The molecule has 70 valence electrons. The summed E-state index contributed by atoms with van der Waals surface area (Å²) in [6, 6.07) is 4.39. The van der Waals surface area contributed by atoms with Gasteiger partial charge in [0.25, 0.3) is 0 Å². The molecular formula is C7H4I2O4. The second kappa shape index (κ2) is 4.31. The van der Waals surface area contributed by atoms with E-state index in [0.29, 0.717) is 3.57 Å². The van der Waals surface area contributed by atoms with Gasteiger partial charge in [0.2, 0.25) is 0 Å². The fourth-order valence-electron chi connectivity index (χ4n) is 0.826. The fraction of sp³-hybridized carbons (Fsp3) is 0. The lowest BCUT2D eigenvalue weighted by atomic mass is 10.2. The maximum Gasteiger partial charge on any atom is 0.342 e. The van der Waals surface area contributed by atoms with Crippen LogP contribution in [0.3, 0.4) is 0 Å². The lowest BCUT2D eigenvalue weighted by Crippen LogP contribution is -2.01. The van der Waals surface area contributed by atoms with Crippen molar-refractivity contribution in [3.63, 3.8) is 0 Å². The van der Waals surface area contributed by atoms with Crippen LogP contribution in [-0.2, 0) is 6.14 Å². The van der Waals surface area contributed by atoms with Crippen molar-refractivity contribution in [3.8, 4) is 0 Å². The molecule has 0 aliphatic carbocycles. The number of carbonyl (C=O) groups is 1. The first-order valence-electron chi connectivity index (χ1n) is 3.11. The van der Waals surface area contributed by atoms with Crippen molar-refractivity contribution in [2.24, 2.45) is 0 Å². The van der Waals surface area contributed by atoms with Crippen LogP contribution in [0.1, 0.15) is 10.4 Å². The van der Waals surface area contributed by atoms with E-state index in [9.17, 15) is 10.9 Å². The maximum atomic E-state index is 10.8. The van der Waals surface area contributed by atoms with E-state index in [4.69, 9.17) is 5.11 Å². The third-order valence-corrected chi connectivity index (χ3v) is 5.31. The highest BCUT2D eigenvalue weighted by molar-refractivity contribution is 14.2. The van der Waals surface area contributed by atoms with E-state index >= 15 is 0 Å². The largest absolute Gasteiger partial charge is 0.478 e. The van der Waals surface area contributed by atoms with Gasteiger partial charge in [0.05, 0.1) is 5.56 Å². The summed E-state index contributed by atoms with van der Waals surface area (Å²) in [7, 11) is 0. The second-order valence-corrected chi connectivity index (χ2v) is 5.61. The first-order chi connectivity index (χ1) is 6.04. The molecule has 1 N–H and O–H groups in total. The normalized spacial score (nSPS) is 10.3. The van der Waals surface area contributed by atoms with E-state index < -0.39 is 25.8 Å². The molecule has 0 heterocycles. The van der Waals surface area contributed by atoms with Crippen LogP contribution in [0.25, 0.3) is 0 Å². The van der Waals surface area contributed by atoms with Crippen molar-refractivity contribution in [1.29, 1.82) is 0 Å². The third-order valence-electron chi connectivity index (χ3n) is 1.34. The number of aromatic carboxylic acids is 1. The van der Waals surface area contributed by atoms with Crippen molar-refractivity contribution in [2.75, 3.05) is 0 Å². The van der Waals surface area contributed by atoms with Crippen molar-refractivity contribution in [1.82, 2.24) is 0 Å². The zero-order valence-corrected chi connectivity index (χ0v) is 10.5. The van der Waals surface area contributed by atoms with Gasteiger partial charge in [0.1, 0.15) is 3.57 Å². The molecule has 1 aromatic carbocycles. The molecule has 0 bridgehead atoms. The molecule has 4 nitrogen and oxygen atoms in total. The summed E-state index contributed by atoms with van der Waals surface area (Å²) in [6.45, 7) is 0. The molecule has 0 saturated heterocycles. The van der Waals surface area contributed by atoms with Crippen molar-refractivity contribution in [2.45, 2.75) is 0 Å². The number of benzene rings is 1. The monoisotopic (exact) mass is 406 g/mol. The average Bonchev–Trinajstić information content (AvgIpc) is 2.02. The van der Waals surface area contributed by atoms with Gasteiger partial charge in [-0.15, -0.1) is 0 Å². The Balaban J connectivity index is 3.52. The van der Waals surface area contributed by atoms with E-state index in [1.807, 2.05) is 22.6 Å². The predicted octanol–water partition coefficient (Wildman–Crippen LogP) is 2.36. The van der Waals surface area contributed by atoms with Gasteiger partial charge in [-0.1, -0.05) is 6.07 Å². The van der Waals surface area contributed by atoms with Crippen LogP contribution in [0, 0.1) is 7.14 Å². The molecule has 0 amide bonds. The molecule has 13 heavy (non-hydrogen) atoms. The minimum atomic E-state index is -3.72. The number of hydrogen-bond acceptors (Lipinski definition) is 3. The average molecular weight is 406 g/mol. The quantitative estimate of drug-likeness (QED) is 0.767. The van der Waals surface area contributed by atoms with Crippen LogP contribution in [0.15, 0.2) is 18.2 Å². The smallest absolute Gasteiger partial charge is 0.342 e. The summed E-state index contributed by atoms with van der Waals surface area (Å²) >= 11 is -1.91. The summed E-state index contributed by atoms with van der Waals surface area (Å²) in [4.78, 5) is 10.6. The maximum absolute atomic E-state index is 10.8. The number of rotatable bonds is 2. The van der Waals surface area contributed by atoms with Crippen molar-refractivity contribution < 1.29 is 16.0 Å². The molecule has 0 aliphatic rings. The molecule has 0 aromatic heterocycles. The highest BCUT2D eigenvalue weighted by Crippen LogP contribution is 2.26. The summed E-state index contributed by atoms with van der Waals surface area (Å²) < 4.78 is 22.1. The van der Waals surface area contributed by atoms with Gasteiger partial charge in [-0.25, -0.2) is 10.9 Å². The Morgan fingerprint density at radius 3 is 2.38 bits per heavy atom. The van der Waals surface area contributed by atoms with E-state index in [0.717, 1.165) is 0 Å². The Hall–Kier alpha value is -0.250. The Labute approximate surface area is 94.6 Å². The number of hydrogen-bond donors (Lipinski definition) is 1. The third kappa shape index (κ3) is 2.36. The van der Waals surface area contributed by atoms with Gasteiger partial charge in [-0.3, -0.25) is 0 Å². The van der Waals surface area contributed by atoms with Gasteiger partial charge in [0, 0.05) is 3.57 Å². The van der Waals surface area contributed by atoms with Crippen LogP contribution in [-0.4, -0.2) is 11.1 Å². The number of carboxylic acids is 1. The van der Waals surface area contributed by atoms with Crippen LogP contribution in [0.5, 0.6) is 0 Å². The predicted molar refractivity (Wildman–Crippen MR) is 60.2 cm³/mol. The molecule has 0 fully saturated rings. The van der Waals surface area contributed by atoms with Gasteiger partial charge in [-0.05, 0) is 34.7 Å². The van der Waals surface area contributed by atoms with Crippen molar-refractivity contribution >= 4 is 48.4 Å². The van der Waals surface area contributed by atoms with Gasteiger partial charge in [-0.2, -0.15) is 0 Å². The lowest BCUT2D eigenvalue weighted by molar-refractivity contribution is 0.0695. The number of halogens is 2. The minimum absolute atomic E-state index is 0.0280. The second-order valence-electron chi connectivity index (χ2n) is 2.12. The fourth-order valence-corrected chi connectivity index (χ4v) is 3.93. The Kier molecular flexibility index (Phi) is 3.59. The Morgan fingerprint density at radius 2 is 2.00 bits per heavy atom. The first-order valence-corrected chi connectivity index (χ1v) is 7.03. The van der Waals surface area contributed by atoms with E-state index in [1.54, 1.807) is 6.07 Å². The van der Waals surface area contributed by atoms with E-state index in [-0.39, 0.29) is 9.13 Å².